The molecule has 2 aromatic rings. The highest BCUT2D eigenvalue weighted by molar-refractivity contribution is 6.19. The van der Waals surface area contributed by atoms with Crippen LogP contribution in [0, 0.1) is 0 Å². The first-order valence-corrected chi connectivity index (χ1v) is 6.08. The fourth-order valence-electron chi connectivity index (χ4n) is 2.17. The van der Waals surface area contributed by atoms with E-state index in [1.54, 1.807) is 24.3 Å². The lowest BCUT2D eigenvalue weighted by atomic mass is 10.0. The van der Waals surface area contributed by atoms with Gasteiger partial charge in [0.15, 0.2) is 0 Å². The van der Waals surface area contributed by atoms with Crippen LogP contribution in [0.25, 0.3) is 0 Å². The number of carbonyl (C=O) groups excluding carboxylic acids is 1. The van der Waals surface area contributed by atoms with E-state index in [9.17, 15) is 4.79 Å². The molecule has 0 aliphatic carbocycles. The van der Waals surface area contributed by atoms with Gasteiger partial charge in [0.1, 0.15) is 6.54 Å². The first kappa shape index (κ1) is 11.6. The minimum absolute atomic E-state index is 0.0276. The molecular weight excluding hydrogens is 238 g/mol. The number of aromatic nitrogens is 1. The van der Waals surface area contributed by atoms with E-state index in [4.69, 9.17) is 0 Å². The van der Waals surface area contributed by atoms with E-state index in [1.165, 1.54) is 0 Å². The molecule has 0 atom stereocenters. The summed E-state index contributed by atoms with van der Waals surface area (Å²) in [5, 5.41) is 0. The van der Waals surface area contributed by atoms with Gasteiger partial charge in [-0.15, -0.1) is 0 Å². The number of pyridine rings is 1. The van der Waals surface area contributed by atoms with Gasteiger partial charge < -0.3 is 4.90 Å². The van der Waals surface area contributed by atoms with Gasteiger partial charge in [0.05, 0.1) is 17.6 Å². The first-order chi connectivity index (χ1) is 9.27. The van der Waals surface area contributed by atoms with Crippen LogP contribution in [-0.2, 0) is 4.79 Å². The SMILES string of the molecule is CN1C(=O)CN=C(c2ccccc2)c2ccncc21. The van der Waals surface area contributed by atoms with Gasteiger partial charge in [-0.3, -0.25) is 14.8 Å². The summed E-state index contributed by atoms with van der Waals surface area (Å²) < 4.78 is 0. The molecule has 4 heteroatoms. The lowest BCUT2D eigenvalue weighted by molar-refractivity contribution is -0.116. The summed E-state index contributed by atoms with van der Waals surface area (Å²) in [6.07, 6.45) is 3.43. The number of hydrogen-bond donors (Lipinski definition) is 0. The van der Waals surface area contributed by atoms with Crippen LogP contribution < -0.4 is 4.90 Å². The Labute approximate surface area is 111 Å². The number of benzene rings is 1. The third kappa shape index (κ3) is 2.01. The number of anilines is 1. The molecule has 4 nitrogen and oxygen atoms in total. The van der Waals surface area contributed by atoms with E-state index in [0.717, 1.165) is 22.5 Å². The minimum Gasteiger partial charge on any atom is -0.312 e. The summed E-state index contributed by atoms with van der Waals surface area (Å²) in [6, 6.07) is 11.8. The molecule has 2 heterocycles. The van der Waals surface area contributed by atoms with Crippen molar-refractivity contribution in [3.05, 3.63) is 59.9 Å². The van der Waals surface area contributed by atoms with Crippen molar-refractivity contribution in [2.24, 2.45) is 4.99 Å². The normalized spacial score (nSPS) is 14.7. The van der Waals surface area contributed by atoms with Gasteiger partial charge in [-0.1, -0.05) is 30.3 Å². The third-order valence-electron chi connectivity index (χ3n) is 3.21. The second kappa shape index (κ2) is 4.65. The van der Waals surface area contributed by atoms with E-state index in [2.05, 4.69) is 9.98 Å². The van der Waals surface area contributed by atoms with E-state index < -0.39 is 0 Å². The van der Waals surface area contributed by atoms with Crippen LogP contribution in [0.4, 0.5) is 5.69 Å². The van der Waals surface area contributed by atoms with Crippen LogP contribution in [0.3, 0.4) is 0 Å². The van der Waals surface area contributed by atoms with Gasteiger partial charge in [0.25, 0.3) is 0 Å². The lowest BCUT2D eigenvalue weighted by Crippen LogP contribution is -2.27. The molecule has 0 saturated carbocycles. The summed E-state index contributed by atoms with van der Waals surface area (Å²) >= 11 is 0. The summed E-state index contributed by atoms with van der Waals surface area (Å²) in [7, 11) is 1.76. The Kier molecular flexibility index (Phi) is 2.83. The van der Waals surface area contributed by atoms with Crippen LogP contribution in [0.2, 0.25) is 0 Å². The lowest BCUT2D eigenvalue weighted by Gasteiger charge is -2.16. The number of fused-ring (bicyclic) bond motifs is 1. The van der Waals surface area contributed by atoms with Gasteiger partial charge >= 0.3 is 0 Å². The molecule has 0 saturated heterocycles. The zero-order valence-corrected chi connectivity index (χ0v) is 10.6. The topological polar surface area (TPSA) is 45.6 Å². The molecule has 0 radical (unpaired) electrons. The summed E-state index contributed by atoms with van der Waals surface area (Å²) in [5.41, 5.74) is 3.59. The molecule has 1 aliphatic rings. The highest BCUT2D eigenvalue weighted by Crippen LogP contribution is 2.24. The molecule has 1 aliphatic heterocycles. The number of hydrogen-bond acceptors (Lipinski definition) is 3. The highest BCUT2D eigenvalue weighted by Gasteiger charge is 2.22. The quantitative estimate of drug-likeness (QED) is 0.777. The fraction of sp³-hybridized carbons (Fsp3) is 0.133. The maximum Gasteiger partial charge on any atom is 0.248 e. The smallest absolute Gasteiger partial charge is 0.248 e. The molecule has 94 valence electrons. The molecule has 1 amide bonds. The molecule has 0 unspecified atom stereocenters. The summed E-state index contributed by atoms with van der Waals surface area (Å²) in [6.45, 7) is 0.162. The van der Waals surface area contributed by atoms with Crippen molar-refractivity contribution in [3.8, 4) is 0 Å². The number of rotatable bonds is 1. The Morgan fingerprint density at radius 3 is 2.74 bits per heavy atom. The molecule has 19 heavy (non-hydrogen) atoms. The number of likely N-dealkylation sites (N-methyl/N-ethyl adjacent to an activating group) is 1. The van der Waals surface area contributed by atoms with Crippen molar-refractivity contribution in [3.63, 3.8) is 0 Å². The predicted octanol–water partition coefficient (Wildman–Crippen LogP) is 1.90. The van der Waals surface area contributed by atoms with Crippen molar-refractivity contribution in [1.29, 1.82) is 0 Å². The van der Waals surface area contributed by atoms with Gasteiger partial charge in [0, 0.05) is 24.4 Å². The maximum absolute atomic E-state index is 11.9. The third-order valence-corrected chi connectivity index (χ3v) is 3.21. The average molecular weight is 251 g/mol. The molecule has 0 spiro atoms. The molecule has 3 rings (SSSR count). The van der Waals surface area contributed by atoms with Crippen LogP contribution in [0.1, 0.15) is 11.1 Å². The molecule has 1 aromatic heterocycles. The maximum atomic E-state index is 11.9. The Morgan fingerprint density at radius 1 is 1.16 bits per heavy atom. The van der Waals surface area contributed by atoms with Gasteiger partial charge in [-0.25, -0.2) is 0 Å². The Bertz CT molecular complexity index is 649. The zero-order chi connectivity index (χ0) is 13.2. The summed E-state index contributed by atoms with van der Waals surface area (Å²) in [5.74, 6) is -0.0276. The van der Waals surface area contributed by atoms with Crippen LogP contribution in [0.5, 0.6) is 0 Å². The summed E-state index contributed by atoms with van der Waals surface area (Å²) in [4.78, 5) is 22.1. The van der Waals surface area contributed by atoms with Gasteiger partial charge in [-0.05, 0) is 6.07 Å². The van der Waals surface area contributed by atoms with Crippen molar-refractivity contribution in [2.45, 2.75) is 0 Å². The standard InChI is InChI=1S/C15H13N3O/c1-18-13-9-16-8-7-12(13)15(17-10-14(18)19)11-5-3-2-4-6-11/h2-9H,10H2,1H3. The second-order valence-corrected chi connectivity index (χ2v) is 4.38. The molecule has 0 fully saturated rings. The fourth-order valence-corrected chi connectivity index (χ4v) is 2.17. The van der Waals surface area contributed by atoms with Crippen LogP contribution in [-0.4, -0.2) is 30.2 Å². The molecule has 0 bridgehead atoms. The van der Waals surface area contributed by atoms with E-state index in [0.29, 0.717) is 0 Å². The Hall–Kier alpha value is -2.49. The van der Waals surface area contributed by atoms with E-state index in [-0.39, 0.29) is 12.5 Å². The monoisotopic (exact) mass is 251 g/mol. The van der Waals surface area contributed by atoms with Crippen LogP contribution in [0.15, 0.2) is 53.8 Å². The van der Waals surface area contributed by atoms with Crippen molar-refractivity contribution in [1.82, 2.24) is 4.98 Å². The van der Waals surface area contributed by atoms with Crippen molar-refractivity contribution in [2.75, 3.05) is 18.5 Å². The second-order valence-electron chi connectivity index (χ2n) is 4.38. The Morgan fingerprint density at radius 2 is 1.95 bits per heavy atom. The minimum atomic E-state index is -0.0276. The molecule has 0 N–H and O–H groups in total. The van der Waals surface area contributed by atoms with E-state index >= 15 is 0 Å². The molecular formula is C15H13N3O. The van der Waals surface area contributed by atoms with E-state index in [1.807, 2.05) is 36.4 Å². The number of nitrogens with zero attached hydrogens (tertiary/aromatic N) is 3. The number of amides is 1. The highest BCUT2D eigenvalue weighted by atomic mass is 16.2. The molecule has 1 aromatic carbocycles. The average Bonchev–Trinajstić information content (AvgIpc) is 2.59. The zero-order valence-electron chi connectivity index (χ0n) is 10.6. The first-order valence-electron chi connectivity index (χ1n) is 6.08. The predicted molar refractivity (Wildman–Crippen MR) is 74.6 cm³/mol. The number of aliphatic imine (C=N–C) groups is 1. The number of carbonyl (C=O) groups is 1. The largest absolute Gasteiger partial charge is 0.312 e. The van der Waals surface area contributed by atoms with Gasteiger partial charge in [-0.2, -0.15) is 0 Å². The van der Waals surface area contributed by atoms with Crippen molar-refractivity contribution >= 4 is 17.3 Å². The van der Waals surface area contributed by atoms with Gasteiger partial charge in [0.2, 0.25) is 5.91 Å². The van der Waals surface area contributed by atoms with Crippen molar-refractivity contribution < 1.29 is 4.79 Å². The van der Waals surface area contributed by atoms with Crippen LogP contribution >= 0.6 is 0 Å². The Balaban J connectivity index is 2.20.